The minimum Gasteiger partial charge on any atom is -0.252 e. The van der Waals surface area contributed by atoms with Crippen molar-refractivity contribution in [3.63, 3.8) is 0 Å². The maximum absolute atomic E-state index is 4.81. The number of aryl methyl sites for hydroxylation is 1. The van der Waals surface area contributed by atoms with Gasteiger partial charge in [0.25, 0.3) is 0 Å². The summed E-state index contributed by atoms with van der Waals surface area (Å²) in [5.74, 6) is 0. The van der Waals surface area contributed by atoms with Crippen molar-refractivity contribution in [3.8, 4) is 11.1 Å². The van der Waals surface area contributed by atoms with Crippen molar-refractivity contribution in [2.24, 2.45) is 5.41 Å². The molecule has 0 saturated heterocycles. The van der Waals surface area contributed by atoms with Crippen LogP contribution in [-0.4, -0.2) is 4.98 Å². The first-order valence-corrected chi connectivity index (χ1v) is 8.10. The lowest BCUT2D eigenvalue weighted by Crippen LogP contribution is -2.00. The lowest BCUT2D eigenvalue weighted by atomic mass is 9.91. The van der Waals surface area contributed by atoms with Crippen LogP contribution in [-0.2, 0) is 0 Å². The fraction of sp³-hybridized carbons (Fsp3) is 0.227. The molecular weight excluding hydrogens is 278 g/mol. The molecule has 0 saturated carbocycles. The fourth-order valence-corrected chi connectivity index (χ4v) is 2.80. The van der Waals surface area contributed by atoms with Crippen molar-refractivity contribution in [1.82, 2.24) is 4.98 Å². The van der Waals surface area contributed by atoms with Gasteiger partial charge in [0, 0.05) is 22.2 Å². The molecule has 0 aliphatic heterocycles. The van der Waals surface area contributed by atoms with Crippen LogP contribution in [0.1, 0.15) is 32.0 Å². The Kier molecular flexibility index (Phi) is 4.04. The predicted molar refractivity (Wildman–Crippen MR) is 100 cm³/mol. The molecule has 23 heavy (non-hydrogen) atoms. The zero-order chi connectivity index (χ0) is 16.4. The van der Waals surface area contributed by atoms with Gasteiger partial charge in [-0.15, -0.1) is 0 Å². The molecule has 0 amide bonds. The van der Waals surface area contributed by atoms with Gasteiger partial charge in [0.05, 0.1) is 5.52 Å². The van der Waals surface area contributed by atoms with Gasteiger partial charge in [0.1, 0.15) is 0 Å². The maximum atomic E-state index is 4.81. The summed E-state index contributed by atoms with van der Waals surface area (Å²) in [6.07, 6.45) is 4.50. The van der Waals surface area contributed by atoms with E-state index >= 15 is 0 Å². The van der Waals surface area contributed by atoms with E-state index in [2.05, 4.69) is 88.4 Å². The van der Waals surface area contributed by atoms with Crippen molar-refractivity contribution in [2.45, 2.75) is 27.7 Å². The molecule has 1 aromatic heterocycles. The molecule has 3 aromatic rings. The topological polar surface area (TPSA) is 12.9 Å². The third kappa shape index (κ3) is 3.34. The van der Waals surface area contributed by atoms with Crippen LogP contribution < -0.4 is 0 Å². The third-order valence-corrected chi connectivity index (χ3v) is 3.93. The van der Waals surface area contributed by atoms with E-state index in [1.165, 1.54) is 22.1 Å². The molecule has 1 heteroatoms. The number of nitrogens with zero attached hydrogens (tertiary/aromatic N) is 1. The van der Waals surface area contributed by atoms with E-state index in [1.54, 1.807) is 0 Å². The maximum Gasteiger partial charge on any atom is 0.0711 e. The lowest BCUT2D eigenvalue weighted by molar-refractivity contribution is 0.547. The van der Waals surface area contributed by atoms with E-state index in [-0.39, 0.29) is 5.41 Å². The van der Waals surface area contributed by atoms with Crippen molar-refractivity contribution in [3.05, 3.63) is 71.9 Å². The van der Waals surface area contributed by atoms with Crippen LogP contribution in [0.5, 0.6) is 0 Å². The number of benzene rings is 2. The Morgan fingerprint density at radius 1 is 0.870 bits per heavy atom. The summed E-state index contributed by atoms with van der Waals surface area (Å²) in [6, 6.07) is 19.0. The van der Waals surface area contributed by atoms with E-state index in [0.717, 1.165) is 11.2 Å². The molecule has 0 aliphatic rings. The molecule has 1 nitrogen and oxygen atoms in total. The summed E-state index contributed by atoms with van der Waals surface area (Å²) in [7, 11) is 0. The quantitative estimate of drug-likeness (QED) is 0.543. The van der Waals surface area contributed by atoms with E-state index in [4.69, 9.17) is 4.98 Å². The van der Waals surface area contributed by atoms with Crippen LogP contribution >= 0.6 is 0 Å². The van der Waals surface area contributed by atoms with Gasteiger partial charge in [-0.2, -0.15) is 0 Å². The van der Waals surface area contributed by atoms with E-state index in [0.29, 0.717) is 0 Å². The zero-order valence-corrected chi connectivity index (χ0v) is 14.3. The second-order valence-corrected chi connectivity index (χ2v) is 7.07. The minimum absolute atomic E-state index is 0.145. The Morgan fingerprint density at radius 2 is 1.52 bits per heavy atom. The van der Waals surface area contributed by atoms with Crippen LogP contribution in [0.25, 0.3) is 28.1 Å². The number of rotatable bonds is 2. The van der Waals surface area contributed by atoms with Crippen molar-refractivity contribution >= 4 is 17.0 Å². The first kappa shape index (κ1) is 15.5. The normalized spacial score (nSPS) is 12.2. The molecule has 1 heterocycles. The van der Waals surface area contributed by atoms with Crippen LogP contribution in [0, 0.1) is 12.3 Å². The predicted octanol–water partition coefficient (Wildman–Crippen LogP) is 6.27. The van der Waals surface area contributed by atoms with Gasteiger partial charge in [0.15, 0.2) is 0 Å². The molecule has 3 rings (SSSR count). The summed E-state index contributed by atoms with van der Waals surface area (Å²) in [5, 5.41) is 1.21. The van der Waals surface area contributed by atoms with Gasteiger partial charge in [-0.1, -0.05) is 81.5 Å². The Bertz CT molecular complexity index is 852. The van der Waals surface area contributed by atoms with E-state index in [1.807, 2.05) is 6.07 Å². The van der Waals surface area contributed by atoms with Gasteiger partial charge in [-0.05, 0) is 24.0 Å². The van der Waals surface area contributed by atoms with Gasteiger partial charge < -0.3 is 0 Å². The molecule has 0 spiro atoms. The Hall–Kier alpha value is -2.41. The Balaban J connectivity index is 2.34. The van der Waals surface area contributed by atoms with Gasteiger partial charge >= 0.3 is 0 Å². The average molecular weight is 301 g/mol. The molecule has 0 atom stereocenters. The highest BCUT2D eigenvalue weighted by Gasteiger charge is 2.13. The molecule has 0 N–H and O–H groups in total. The monoisotopic (exact) mass is 301 g/mol. The Morgan fingerprint density at radius 3 is 2.22 bits per heavy atom. The molecule has 0 unspecified atom stereocenters. The molecule has 0 aliphatic carbocycles. The van der Waals surface area contributed by atoms with E-state index in [9.17, 15) is 0 Å². The number of pyridine rings is 1. The van der Waals surface area contributed by atoms with E-state index < -0.39 is 0 Å². The van der Waals surface area contributed by atoms with Crippen LogP contribution in [0.4, 0.5) is 0 Å². The number of fused-ring (bicyclic) bond motifs is 1. The third-order valence-electron chi connectivity index (χ3n) is 3.93. The first-order chi connectivity index (χ1) is 11.0. The highest BCUT2D eigenvalue weighted by molar-refractivity contribution is 5.99. The standard InChI is InChI=1S/C22H23N/c1-16-18(14-15-22(2,3)4)21(17-10-6-5-7-11-17)19-12-8-9-13-20(19)23-16/h5-15H,1-4H3/b15-14+. The largest absolute Gasteiger partial charge is 0.252 e. The molecule has 0 radical (unpaired) electrons. The van der Waals surface area contributed by atoms with Crippen LogP contribution in [0.15, 0.2) is 60.7 Å². The summed E-state index contributed by atoms with van der Waals surface area (Å²) < 4.78 is 0. The SMILES string of the molecule is Cc1nc2ccccc2c(-c2ccccc2)c1/C=C/C(C)(C)C. The number of hydrogen-bond donors (Lipinski definition) is 0. The summed E-state index contributed by atoms with van der Waals surface area (Å²) in [4.78, 5) is 4.81. The summed E-state index contributed by atoms with van der Waals surface area (Å²) in [5.41, 5.74) is 5.99. The van der Waals surface area contributed by atoms with Crippen LogP contribution in [0.3, 0.4) is 0 Å². The second-order valence-electron chi connectivity index (χ2n) is 7.07. The number of hydrogen-bond acceptors (Lipinski definition) is 1. The smallest absolute Gasteiger partial charge is 0.0711 e. The van der Waals surface area contributed by atoms with Gasteiger partial charge in [-0.3, -0.25) is 4.98 Å². The lowest BCUT2D eigenvalue weighted by Gasteiger charge is -2.16. The number of allylic oxidation sites excluding steroid dienone is 1. The van der Waals surface area contributed by atoms with Gasteiger partial charge in [-0.25, -0.2) is 0 Å². The highest BCUT2D eigenvalue weighted by Crippen LogP contribution is 2.34. The summed E-state index contributed by atoms with van der Waals surface area (Å²) in [6.45, 7) is 8.75. The summed E-state index contributed by atoms with van der Waals surface area (Å²) >= 11 is 0. The van der Waals surface area contributed by atoms with Gasteiger partial charge in [0.2, 0.25) is 0 Å². The Labute approximate surface area is 138 Å². The highest BCUT2D eigenvalue weighted by atomic mass is 14.7. The minimum atomic E-state index is 0.145. The molecule has 0 bridgehead atoms. The molecule has 116 valence electrons. The first-order valence-electron chi connectivity index (χ1n) is 8.10. The molecule has 2 aromatic carbocycles. The average Bonchev–Trinajstić information content (AvgIpc) is 2.52. The van der Waals surface area contributed by atoms with Crippen LogP contribution in [0.2, 0.25) is 0 Å². The van der Waals surface area contributed by atoms with Crippen molar-refractivity contribution < 1.29 is 0 Å². The fourth-order valence-electron chi connectivity index (χ4n) is 2.80. The van der Waals surface area contributed by atoms with Crippen molar-refractivity contribution in [1.29, 1.82) is 0 Å². The molecular formula is C22H23N. The zero-order valence-electron chi connectivity index (χ0n) is 14.3. The number of aromatic nitrogens is 1. The van der Waals surface area contributed by atoms with Crippen molar-refractivity contribution in [2.75, 3.05) is 0 Å². The molecule has 0 fully saturated rings. The number of para-hydroxylation sites is 1. The second kappa shape index (κ2) is 6.00.